The normalized spacial score (nSPS) is 16.8. The minimum absolute atomic E-state index is 0.376. The highest BCUT2D eigenvalue weighted by molar-refractivity contribution is 5.89. The number of aryl methyl sites for hydroxylation is 2. The summed E-state index contributed by atoms with van der Waals surface area (Å²) in [5.41, 5.74) is 6.73. The van der Waals surface area contributed by atoms with Crippen molar-refractivity contribution >= 4 is 11.9 Å². The highest BCUT2D eigenvalue weighted by Crippen LogP contribution is 2.38. The van der Waals surface area contributed by atoms with Crippen LogP contribution in [0.1, 0.15) is 68.6 Å². The van der Waals surface area contributed by atoms with Gasteiger partial charge in [0.25, 0.3) is 0 Å². The van der Waals surface area contributed by atoms with Gasteiger partial charge >= 0.3 is 11.9 Å². The number of esters is 2. The van der Waals surface area contributed by atoms with Crippen LogP contribution in [0.2, 0.25) is 0 Å². The summed E-state index contributed by atoms with van der Waals surface area (Å²) in [4.78, 5) is 23.5. The van der Waals surface area contributed by atoms with Crippen molar-refractivity contribution in [3.8, 4) is 22.6 Å². The summed E-state index contributed by atoms with van der Waals surface area (Å²) in [6.45, 7) is 12.6. The van der Waals surface area contributed by atoms with Crippen LogP contribution in [0.4, 0.5) is 0 Å². The predicted molar refractivity (Wildman–Crippen MR) is 157 cm³/mol. The molecule has 39 heavy (non-hydrogen) atoms. The number of carbonyl (C=O) groups excluding carboxylic acids is 2. The van der Waals surface area contributed by atoms with Gasteiger partial charge in [-0.15, -0.1) is 0 Å². The molecule has 0 bridgehead atoms. The third kappa shape index (κ3) is 7.57. The predicted octanol–water partition coefficient (Wildman–Crippen LogP) is 8.53. The molecule has 0 aromatic heterocycles. The molecule has 0 spiro atoms. The summed E-state index contributed by atoms with van der Waals surface area (Å²) in [5, 5.41) is 0. The topological polar surface area (TPSA) is 52.6 Å². The first-order chi connectivity index (χ1) is 18.7. The lowest BCUT2D eigenvalue weighted by molar-refractivity contribution is -0.131. The number of hydrogen-bond donors (Lipinski definition) is 0. The molecule has 1 fully saturated rings. The van der Waals surface area contributed by atoms with Crippen LogP contribution in [-0.2, 0) is 16.0 Å². The van der Waals surface area contributed by atoms with E-state index < -0.39 is 5.97 Å². The highest BCUT2D eigenvalue weighted by Gasteiger charge is 2.23. The van der Waals surface area contributed by atoms with Crippen molar-refractivity contribution in [1.29, 1.82) is 0 Å². The van der Waals surface area contributed by atoms with Crippen molar-refractivity contribution in [2.24, 2.45) is 5.92 Å². The second kappa shape index (κ2) is 12.8. The maximum absolute atomic E-state index is 11.9. The number of hydrogen-bond acceptors (Lipinski definition) is 4. The van der Waals surface area contributed by atoms with E-state index in [0.717, 1.165) is 29.0 Å². The van der Waals surface area contributed by atoms with Crippen LogP contribution in [-0.4, -0.2) is 11.9 Å². The van der Waals surface area contributed by atoms with E-state index in [0.29, 0.717) is 28.6 Å². The molecule has 0 N–H and O–H groups in total. The maximum Gasteiger partial charge on any atom is 0.338 e. The molecular formula is C35H38O4. The standard InChI is InChI=1S/C35H38O4/c1-23(2)34(36)38-32-19-16-29(17-20-32)28-12-8-26(9-13-28)6-7-27-10-14-30(15-11-27)31-18-21-33(25(5)22-31)39-35(37)24(3)4/h8-9,12-13,16-22,27,30H,1,3,6-7,10-11,14-15H2,2,4-5H3. The largest absolute Gasteiger partial charge is 0.423 e. The molecule has 1 aliphatic rings. The average molecular weight is 523 g/mol. The number of rotatable bonds is 9. The third-order valence-electron chi connectivity index (χ3n) is 7.61. The molecule has 4 rings (SSSR count). The van der Waals surface area contributed by atoms with Crippen molar-refractivity contribution in [1.82, 2.24) is 0 Å². The van der Waals surface area contributed by atoms with Crippen LogP contribution in [0.5, 0.6) is 11.5 Å². The molecule has 0 amide bonds. The van der Waals surface area contributed by atoms with Crippen molar-refractivity contribution in [2.45, 2.75) is 65.2 Å². The zero-order valence-corrected chi connectivity index (χ0v) is 23.3. The lowest BCUT2D eigenvalue weighted by Crippen LogP contribution is -2.14. The van der Waals surface area contributed by atoms with E-state index in [1.54, 1.807) is 13.8 Å². The van der Waals surface area contributed by atoms with Gasteiger partial charge < -0.3 is 9.47 Å². The molecule has 202 valence electrons. The van der Waals surface area contributed by atoms with Gasteiger partial charge in [-0.3, -0.25) is 0 Å². The number of ether oxygens (including phenoxy) is 2. The molecule has 0 aliphatic heterocycles. The lowest BCUT2D eigenvalue weighted by atomic mass is 9.76. The Morgan fingerprint density at radius 1 is 0.769 bits per heavy atom. The van der Waals surface area contributed by atoms with Gasteiger partial charge in [0.05, 0.1) is 0 Å². The van der Waals surface area contributed by atoms with Crippen LogP contribution in [0.3, 0.4) is 0 Å². The summed E-state index contributed by atoms with van der Waals surface area (Å²) >= 11 is 0. The molecule has 1 aliphatic carbocycles. The van der Waals surface area contributed by atoms with E-state index in [1.807, 2.05) is 37.3 Å². The summed E-state index contributed by atoms with van der Waals surface area (Å²) < 4.78 is 10.7. The van der Waals surface area contributed by atoms with E-state index in [-0.39, 0.29) is 5.97 Å². The fourth-order valence-corrected chi connectivity index (χ4v) is 5.16. The van der Waals surface area contributed by atoms with Crippen LogP contribution in [0.15, 0.2) is 91.0 Å². The first kappa shape index (κ1) is 28.1. The SMILES string of the molecule is C=C(C)C(=O)Oc1ccc(-c2ccc(CCC3CCC(c4ccc(OC(=O)C(=C)C)c(C)c4)CC3)cc2)cc1. The van der Waals surface area contributed by atoms with Gasteiger partial charge in [-0.25, -0.2) is 9.59 Å². The summed E-state index contributed by atoms with van der Waals surface area (Å²) in [7, 11) is 0. The molecule has 3 aromatic rings. The van der Waals surface area contributed by atoms with Crippen molar-refractivity contribution in [3.63, 3.8) is 0 Å². The fraction of sp³-hybridized carbons (Fsp3) is 0.314. The van der Waals surface area contributed by atoms with Crippen LogP contribution < -0.4 is 9.47 Å². The van der Waals surface area contributed by atoms with E-state index in [9.17, 15) is 9.59 Å². The van der Waals surface area contributed by atoms with Gasteiger partial charge in [0.1, 0.15) is 11.5 Å². The fourth-order valence-electron chi connectivity index (χ4n) is 5.16. The Hall–Kier alpha value is -3.92. The molecule has 0 radical (unpaired) electrons. The number of benzene rings is 3. The zero-order chi connectivity index (χ0) is 27.9. The Morgan fingerprint density at radius 2 is 1.33 bits per heavy atom. The summed E-state index contributed by atoms with van der Waals surface area (Å²) in [5.74, 6) is 1.68. The first-order valence-corrected chi connectivity index (χ1v) is 13.7. The van der Waals surface area contributed by atoms with Gasteiger partial charge in [-0.05, 0) is 117 Å². The van der Waals surface area contributed by atoms with Crippen molar-refractivity contribution in [3.05, 3.63) is 108 Å². The molecule has 4 heteroatoms. The highest BCUT2D eigenvalue weighted by atomic mass is 16.5. The molecule has 4 nitrogen and oxygen atoms in total. The Morgan fingerprint density at radius 3 is 1.90 bits per heavy atom. The minimum atomic E-state index is -0.409. The zero-order valence-electron chi connectivity index (χ0n) is 23.3. The maximum atomic E-state index is 11.9. The molecule has 0 atom stereocenters. The smallest absolute Gasteiger partial charge is 0.338 e. The van der Waals surface area contributed by atoms with E-state index in [2.05, 4.69) is 49.6 Å². The molecule has 3 aromatic carbocycles. The van der Waals surface area contributed by atoms with E-state index in [1.165, 1.54) is 43.2 Å². The van der Waals surface area contributed by atoms with Gasteiger partial charge in [0.15, 0.2) is 0 Å². The van der Waals surface area contributed by atoms with Crippen LogP contribution >= 0.6 is 0 Å². The Labute approximate surface area is 232 Å². The molecular weight excluding hydrogens is 484 g/mol. The van der Waals surface area contributed by atoms with E-state index in [4.69, 9.17) is 9.47 Å². The Bertz CT molecular complexity index is 1340. The van der Waals surface area contributed by atoms with Crippen molar-refractivity contribution < 1.29 is 19.1 Å². The number of carbonyl (C=O) groups is 2. The van der Waals surface area contributed by atoms with E-state index >= 15 is 0 Å². The van der Waals surface area contributed by atoms with Gasteiger partial charge in [-0.1, -0.05) is 61.7 Å². The molecule has 0 heterocycles. The lowest BCUT2D eigenvalue weighted by Gasteiger charge is -2.29. The second-order valence-electron chi connectivity index (χ2n) is 10.8. The molecule has 0 saturated heterocycles. The Balaban J connectivity index is 1.25. The summed E-state index contributed by atoms with van der Waals surface area (Å²) in [6, 6.07) is 22.6. The third-order valence-corrected chi connectivity index (χ3v) is 7.61. The van der Waals surface area contributed by atoms with Gasteiger partial charge in [0, 0.05) is 11.1 Å². The van der Waals surface area contributed by atoms with Crippen LogP contribution in [0.25, 0.3) is 11.1 Å². The van der Waals surface area contributed by atoms with Crippen LogP contribution in [0, 0.1) is 12.8 Å². The minimum Gasteiger partial charge on any atom is -0.423 e. The first-order valence-electron chi connectivity index (χ1n) is 13.7. The second-order valence-corrected chi connectivity index (χ2v) is 10.8. The van der Waals surface area contributed by atoms with Crippen molar-refractivity contribution in [2.75, 3.05) is 0 Å². The molecule has 1 saturated carbocycles. The Kier molecular flexibility index (Phi) is 9.19. The average Bonchev–Trinajstić information content (AvgIpc) is 2.94. The monoisotopic (exact) mass is 522 g/mol. The summed E-state index contributed by atoms with van der Waals surface area (Å²) in [6.07, 6.45) is 7.20. The quantitative estimate of drug-likeness (QED) is 0.161. The van der Waals surface area contributed by atoms with Gasteiger partial charge in [-0.2, -0.15) is 0 Å². The van der Waals surface area contributed by atoms with Gasteiger partial charge in [0.2, 0.25) is 0 Å². The molecule has 0 unspecified atom stereocenters.